The predicted octanol–water partition coefficient (Wildman–Crippen LogP) is 5.04. The molecule has 3 rings (SSSR count). The molecule has 3 heteroatoms. The minimum absolute atomic E-state index is 0.196. The van der Waals surface area contributed by atoms with Crippen LogP contribution < -0.4 is 0 Å². The van der Waals surface area contributed by atoms with Gasteiger partial charge in [-0.05, 0) is 63.6 Å². The Labute approximate surface area is 135 Å². The molecule has 0 saturated carbocycles. The van der Waals surface area contributed by atoms with E-state index >= 15 is 0 Å². The van der Waals surface area contributed by atoms with Gasteiger partial charge in [-0.15, -0.1) is 0 Å². The summed E-state index contributed by atoms with van der Waals surface area (Å²) in [6.45, 7) is 8.53. The molecule has 1 aliphatic carbocycles. The zero-order valence-corrected chi connectivity index (χ0v) is 14.3. The Morgan fingerprint density at radius 2 is 1.41 bits per heavy atom. The van der Waals surface area contributed by atoms with Crippen molar-refractivity contribution in [2.45, 2.75) is 71.0 Å². The quantitative estimate of drug-likeness (QED) is 0.712. The van der Waals surface area contributed by atoms with E-state index in [9.17, 15) is 0 Å². The van der Waals surface area contributed by atoms with Gasteiger partial charge in [-0.1, -0.05) is 43.2 Å². The second kappa shape index (κ2) is 5.86. The van der Waals surface area contributed by atoms with Gasteiger partial charge in [0, 0.05) is 0 Å². The third-order valence-electron chi connectivity index (χ3n) is 5.42. The van der Waals surface area contributed by atoms with Gasteiger partial charge in [-0.25, -0.2) is 0 Å². The van der Waals surface area contributed by atoms with Crippen LogP contribution in [-0.4, -0.2) is 18.3 Å². The van der Waals surface area contributed by atoms with Gasteiger partial charge in [-0.3, -0.25) is 0 Å². The fourth-order valence-electron chi connectivity index (χ4n) is 3.32. The fourth-order valence-corrected chi connectivity index (χ4v) is 3.32. The predicted molar refractivity (Wildman–Crippen MR) is 92.5 cm³/mol. The molecule has 0 spiro atoms. The van der Waals surface area contributed by atoms with Crippen molar-refractivity contribution < 1.29 is 9.31 Å². The van der Waals surface area contributed by atoms with Crippen molar-refractivity contribution in [3.63, 3.8) is 0 Å². The van der Waals surface area contributed by atoms with Crippen molar-refractivity contribution in [2.75, 3.05) is 0 Å². The van der Waals surface area contributed by atoms with E-state index in [2.05, 4.69) is 58.0 Å². The minimum atomic E-state index is -0.265. The van der Waals surface area contributed by atoms with Crippen LogP contribution in [0.5, 0.6) is 0 Å². The number of allylic oxidation sites excluding steroid dienone is 2. The van der Waals surface area contributed by atoms with Crippen LogP contribution in [0.25, 0.3) is 5.57 Å². The Bertz CT molecular complexity index is 544. The summed E-state index contributed by atoms with van der Waals surface area (Å²) in [5.41, 5.74) is 3.60. The van der Waals surface area contributed by atoms with E-state index in [-0.39, 0.29) is 18.3 Å². The average molecular weight is 298 g/mol. The summed E-state index contributed by atoms with van der Waals surface area (Å²) in [7, 11) is -0.196. The summed E-state index contributed by atoms with van der Waals surface area (Å²) in [5.74, 6) is 0. The van der Waals surface area contributed by atoms with Crippen molar-refractivity contribution in [1.82, 2.24) is 0 Å². The number of hydrogen-bond donors (Lipinski definition) is 0. The zero-order chi connectivity index (χ0) is 15.8. The highest BCUT2D eigenvalue weighted by Gasteiger charge is 2.52. The molecule has 118 valence electrons. The Morgan fingerprint density at radius 1 is 0.818 bits per heavy atom. The molecule has 0 N–H and O–H groups in total. The molecule has 2 nitrogen and oxygen atoms in total. The highest BCUT2D eigenvalue weighted by atomic mass is 16.7. The molecule has 0 unspecified atom stereocenters. The van der Waals surface area contributed by atoms with Gasteiger partial charge in [0.15, 0.2) is 0 Å². The second-order valence-corrected chi connectivity index (χ2v) is 7.52. The largest absolute Gasteiger partial charge is 0.490 e. The van der Waals surface area contributed by atoms with Crippen LogP contribution in [0, 0.1) is 0 Å². The van der Waals surface area contributed by atoms with Gasteiger partial charge in [0.25, 0.3) is 0 Å². The van der Waals surface area contributed by atoms with Crippen LogP contribution in [0.4, 0.5) is 0 Å². The summed E-state index contributed by atoms with van der Waals surface area (Å²) >= 11 is 0. The molecule has 1 aromatic carbocycles. The molecule has 1 fully saturated rings. The summed E-state index contributed by atoms with van der Waals surface area (Å²) in [6, 6.07) is 10.7. The second-order valence-electron chi connectivity index (χ2n) is 7.52. The van der Waals surface area contributed by atoms with Gasteiger partial charge < -0.3 is 9.31 Å². The lowest BCUT2D eigenvalue weighted by Crippen LogP contribution is -2.41. The minimum Gasteiger partial charge on any atom is -0.400 e. The zero-order valence-electron chi connectivity index (χ0n) is 14.3. The van der Waals surface area contributed by atoms with Crippen molar-refractivity contribution in [3.05, 3.63) is 41.4 Å². The molecular formula is C19H27BO2. The molecule has 1 aromatic rings. The van der Waals surface area contributed by atoms with E-state index < -0.39 is 0 Å². The lowest BCUT2D eigenvalue weighted by Gasteiger charge is -2.32. The van der Waals surface area contributed by atoms with E-state index in [0.717, 1.165) is 12.8 Å². The van der Waals surface area contributed by atoms with Gasteiger partial charge in [0.1, 0.15) is 0 Å². The van der Waals surface area contributed by atoms with Crippen molar-refractivity contribution in [2.24, 2.45) is 0 Å². The Morgan fingerprint density at radius 3 is 2.05 bits per heavy atom. The van der Waals surface area contributed by atoms with Gasteiger partial charge in [0.2, 0.25) is 0 Å². The molecule has 0 atom stereocenters. The first-order chi connectivity index (χ1) is 10.4. The molecule has 0 amide bonds. The lowest BCUT2D eigenvalue weighted by molar-refractivity contribution is 0.00578. The van der Waals surface area contributed by atoms with Crippen LogP contribution in [0.1, 0.15) is 65.4 Å². The fraction of sp³-hybridized carbons (Fsp3) is 0.579. The lowest BCUT2D eigenvalue weighted by atomic mass is 9.71. The van der Waals surface area contributed by atoms with E-state index in [1.165, 1.54) is 35.9 Å². The molecule has 22 heavy (non-hydrogen) atoms. The number of benzene rings is 1. The third kappa shape index (κ3) is 2.89. The maximum absolute atomic E-state index is 6.33. The average Bonchev–Trinajstić information content (AvgIpc) is 2.65. The van der Waals surface area contributed by atoms with E-state index in [1.54, 1.807) is 0 Å². The normalized spacial score (nSPS) is 24.5. The highest BCUT2D eigenvalue weighted by Crippen LogP contribution is 2.42. The van der Waals surface area contributed by atoms with Crippen LogP contribution >= 0.6 is 0 Å². The number of rotatable bonds is 2. The van der Waals surface area contributed by atoms with Crippen LogP contribution in [0.2, 0.25) is 0 Å². The summed E-state index contributed by atoms with van der Waals surface area (Å²) in [4.78, 5) is 0. The topological polar surface area (TPSA) is 18.5 Å². The SMILES string of the molecule is CC1(C)OB(C2=C(c3ccccc3)CCCCC2)OC1(C)C. The Balaban J connectivity index is 1.99. The van der Waals surface area contributed by atoms with E-state index in [1.807, 2.05) is 0 Å². The Hall–Kier alpha value is -1.06. The molecule has 1 aliphatic heterocycles. The first-order valence-electron chi connectivity index (χ1n) is 8.54. The first kappa shape index (κ1) is 15.8. The Kier molecular flexibility index (Phi) is 4.22. The molecule has 1 saturated heterocycles. The van der Waals surface area contributed by atoms with Crippen LogP contribution in [0.15, 0.2) is 35.8 Å². The first-order valence-corrected chi connectivity index (χ1v) is 8.54. The van der Waals surface area contributed by atoms with E-state index in [0.29, 0.717) is 0 Å². The van der Waals surface area contributed by atoms with E-state index in [4.69, 9.17) is 9.31 Å². The number of hydrogen-bond acceptors (Lipinski definition) is 2. The molecule has 2 aliphatic rings. The van der Waals surface area contributed by atoms with Crippen LogP contribution in [0.3, 0.4) is 0 Å². The smallest absolute Gasteiger partial charge is 0.400 e. The standard InChI is InChI=1S/C19H27BO2/c1-18(2)19(3,4)22-20(21-18)17-14-10-6-9-13-16(17)15-11-7-5-8-12-15/h5,7-8,11-12H,6,9-10,13-14H2,1-4H3. The van der Waals surface area contributed by atoms with Gasteiger partial charge >= 0.3 is 7.12 Å². The van der Waals surface area contributed by atoms with Crippen molar-refractivity contribution in [3.8, 4) is 0 Å². The summed E-state index contributed by atoms with van der Waals surface area (Å²) < 4.78 is 12.7. The highest BCUT2D eigenvalue weighted by molar-refractivity contribution is 6.56. The third-order valence-corrected chi connectivity index (χ3v) is 5.42. The molecule has 0 radical (unpaired) electrons. The molecule has 1 heterocycles. The van der Waals surface area contributed by atoms with Crippen LogP contribution in [-0.2, 0) is 9.31 Å². The molecule has 0 aromatic heterocycles. The summed E-state index contributed by atoms with van der Waals surface area (Å²) in [5, 5.41) is 0. The monoisotopic (exact) mass is 298 g/mol. The van der Waals surface area contributed by atoms with Gasteiger partial charge in [-0.2, -0.15) is 0 Å². The van der Waals surface area contributed by atoms with Crippen molar-refractivity contribution in [1.29, 1.82) is 0 Å². The maximum Gasteiger partial charge on any atom is 0.490 e. The molecular weight excluding hydrogens is 271 g/mol. The maximum atomic E-state index is 6.33. The van der Waals surface area contributed by atoms with Crippen molar-refractivity contribution >= 4 is 12.7 Å². The molecule has 0 bridgehead atoms. The summed E-state index contributed by atoms with van der Waals surface area (Å²) in [6.07, 6.45) is 5.99. The van der Waals surface area contributed by atoms with Gasteiger partial charge in [0.05, 0.1) is 11.2 Å².